The van der Waals surface area contributed by atoms with E-state index >= 15 is 0 Å². The van der Waals surface area contributed by atoms with Crippen LogP contribution in [0.15, 0.2) is 12.1 Å². The zero-order valence-electron chi connectivity index (χ0n) is 28.7. The summed E-state index contributed by atoms with van der Waals surface area (Å²) in [5.74, 6) is 5.14. The van der Waals surface area contributed by atoms with Crippen LogP contribution in [0.5, 0.6) is 17.2 Å². The first-order chi connectivity index (χ1) is 19.9. The second kappa shape index (κ2) is 21.7. The molecule has 0 amide bonds. The van der Waals surface area contributed by atoms with Gasteiger partial charge in [-0.25, -0.2) is 0 Å². The highest BCUT2D eigenvalue weighted by atomic mass is 16.6. The fraction of sp³-hybridized carbons (Fsp3) is 0.833. The molecule has 3 unspecified atom stereocenters. The SMILES string of the molecule is CC(C)CCCC(C)CCOc1cc([N+](=O)[O-])cc(OCCC(C)CCCC(C)C)c1OCCC(C)CCCC(C)C. The first-order valence-corrected chi connectivity index (χ1v) is 17.1. The van der Waals surface area contributed by atoms with Crippen molar-refractivity contribution in [3.05, 3.63) is 22.2 Å². The van der Waals surface area contributed by atoms with Gasteiger partial charge in [0.15, 0.2) is 11.5 Å². The minimum Gasteiger partial charge on any atom is -0.489 e. The lowest BCUT2D eigenvalue weighted by molar-refractivity contribution is -0.385. The van der Waals surface area contributed by atoms with E-state index in [1.54, 1.807) is 0 Å². The average molecular weight is 592 g/mol. The number of nitro benzene ring substituents is 1. The minimum atomic E-state index is -0.372. The maximum absolute atomic E-state index is 11.8. The average Bonchev–Trinajstić information content (AvgIpc) is 2.89. The van der Waals surface area contributed by atoms with Gasteiger partial charge in [0.25, 0.3) is 5.69 Å². The summed E-state index contributed by atoms with van der Waals surface area (Å²) < 4.78 is 18.7. The van der Waals surface area contributed by atoms with E-state index in [2.05, 4.69) is 62.3 Å². The molecule has 0 aliphatic rings. The molecule has 0 saturated heterocycles. The number of ether oxygens (including phenoxy) is 3. The molecule has 1 rings (SSSR count). The van der Waals surface area contributed by atoms with Crippen LogP contribution in [0.25, 0.3) is 0 Å². The summed E-state index contributed by atoms with van der Waals surface area (Å²) in [5, 5.41) is 11.8. The van der Waals surface area contributed by atoms with Crippen LogP contribution < -0.4 is 14.2 Å². The van der Waals surface area contributed by atoms with Crippen LogP contribution in [-0.4, -0.2) is 24.7 Å². The van der Waals surface area contributed by atoms with E-state index in [1.165, 1.54) is 57.1 Å². The zero-order chi connectivity index (χ0) is 31.5. The van der Waals surface area contributed by atoms with Crippen LogP contribution in [0.4, 0.5) is 5.69 Å². The summed E-state index contributed by atoms with van der Waals surface area (Å²) in [6.07, 6.45) is 13.6. The molecule has 244 valence electrons. The zero-order valence-corrected chi connectivity index (χ0v) is 28.7. The molecule has 0 aliphatic carbocycles. The topological polar surface area (TPSA) is 70.8 Å². The normalized spacial score (nSPS) is 13.9. The van der Waals surface area contributed by atoms with Gasteiger partial charge in [0.05, 0.1) is 36.9 Å². The van der Waals surface area contributed by atoms with Crippen molar-refractivity contribution in [2.75, 3.05) is 19.8 Å². The quantitative estimate of drug-likeness (QED) is 0.0835. The van der Waals surface area contributed by atoms with Gasteiger partial charge in [-0.05, 0) is 54.8 Å². The highest BCUT2D eigenvalue weighted by Gasteiger charge is 2.22. The summed E-state index contributed by atoms with van der Waals surface area (Å²) in [6, 6.07) is 3.01. The lowest BCUT2D eigenvalue weighted by Gasteiger charge is -2.20. The molecule has 0 aliphatic heterocycles. The molecule has 0 spiro atoms. The van der Waals surface area contributed by atoms with Crippen LogP contribution in [0.2, 0.25) is 0 Å². The second-order valence-electron chi connectivity index (χ2n) is 14.2. The van der Waals surface area contributed by atoms with Gasteiger partial charge >= 0.3 is 0 Å². The van der Waals surface area contributed by atoms with E-state index in [1.807, 2.05) is 0 Å². The van der Waals surface area contributed by atoms with Gasteiger partial charge in [0.1, 0.15) is 0 Å². The molecule has 0 aromatic heterocycles. The maximum atomic E-state index is 11.8. The van der Waals surface area contributed by atoms with Crippen molar-refractivity contribution in [3.63, 3.8) is 0 Å². The monoisotopic (exact) mass is 591 g/mol. The fourth-order valence-electron chi connectivity index (χ4n) is 5.18. The summed E-state index contributed by atoms with van der Waals surface area (Å²) in [4.78, 5) is 11.5. The predicted octanol–water partition coefficient (Wildman–Crippen LogP) is 11.3. The highest BCUT2D eigenvalue weighted by molar-refractivity contribution is 5.58. The molecule has 0 radical (unpaired) electrons. The van der Waals surface area contributed by atoms with Gasteiger partial charge in [-0.2, -0.15) is 0 Å². The molecule has 42 heavy (non-hydrogen) atoms. The van der Waals surface area contributed by atoms with E-state index in [9.17, 15) is 10.1 Å². The molecule has 0 heterocycles. The Morgan fingerprint density at radius 2 is 0.881 bits per heavy atom. The minimum absolute atomic E-state index is 0.0237. The second-order valence-corrected chi connectivity index (χ2v) is 14.2. The lowest BCUT2D eigenvalue weighted by atomic mass is 9.97. The van der Waals surface area contributed by atoms with Gasteiger partial charge in [0, 0.05) is 0 Å². The number of nitro groups is 1. The van der Waals surface area contributed by atoms with Gasteiger partial charge in [0.2, 0.25) is 5.75 Å². The number of rotatable bonds is 25. The van der Waals surface area contributed by atoms with E-state index in [0.717, 1.165) is 49.9 Å². The number of benzene rings is 1. The number of non-ortho nitro benzene ring substituents is 1. The van der Waals surface area contributed by atoms with Crippen molar-refractivity contribution in [3.8, 4) is 17.2 Å². The first-order valence-electron chi connectivity index (χ1n) is 17.1. The molecule has 0 saturated carbocycles. The largest absolute Gasteiger partial charge is 0.489 e. The molecule has 6 nitrogen and oxygen atoms in total. The van der Waals surface area contributed by atoms with Gasteiger partial charge in [-0.3, -0.25) is 10.1 Å². The van der Waals surface area contributed by atoms with Crippen LogP contribution in [0.1, 0.15) is 139 Å². The van der Waals surface area contributed by atoms with Crippen molar-refractivity contribution in [2.24, 2.45) is 35.5 Å². The van der Waals surface area contributed by atoms with Crippen LogP contribution >= 0.6 is 0 Å². The molecule has 1 aromatic rings. The van der Waals surface area contributed by atoms with Gasteiger partial charge in [-0.1, -0.05) is 120 Å². The van der Waals surface area contributed by atoms with Crippen LogP contribution in [0, 0.1) is 45.6 Å². The Morgan fingerprint density at radius 1 is 0.548 bits per heavy atom. The molecule has 0 bridgehead atoms. The number of hydrogen-bond acceptors (Lipinski definition) is 5. The van der Waals surface area contributed by atoms with E-state index in [0.29, 0.717) is 54.8 Å². The van der Waals surface area contributed by atoms with Gasteiger partial charge in [-0.15, -0.1) is 0 Å². The third-order valence-corrected chi connectivity index (χ3v) is 8.25. The number of hydrogen-bond donors (Lipinski definition) is 0. The van der Waals surface area contributed by atoms with Crippen molar-refractivity contribution in [2.45, 2.75) is 139 Å². The molecule has 0 N–H and O–H groups in total. The van der Waals surface area contributed by atoms with Crippen LogP contribution in [0.3, 0.4) is 0 Å². The predicted molar refractivity (Wildman–Crippen MR) is 177 cm³/mol. The fourth-order valence-corrected chi connectivity index (χ4v) is 5.18. The Balaban J connectivity index is 2.96. The third-order valence-electron chi connectivity index (χ3n) is 8.25. The van der Waals surface area contributed by atoms with Crippen molar-refractivity contribution < 1.29 is 19.1 Å². The van der Waals surface area contributed by atoms with E-state index < -0.39 is 0 Å². The molecule has 6 heteroatoms. The highest BCUT2D eigenvalue weighted by Crippen LogP contribution is 2.42. The Bertz CT molecular complexity index is 806. The van der Waals surface area contributed by atoms with Crippen molar-refractivity contribution in [1.29, 1.82) is 0 Å². The Kier molecular flexibility index (Phi) is 19.6. The Labute approximate surface area is 258 Å². The summed E-state index contributed by atoms with van der Waals surface area (Å²) in [6.45, 7) is 21.9. The molecule has 0 fully saturated rings. The molecular weight excluding hydrogens is 526 g/mol. The maximum Gasteiger partial charge on any atom is 0.277 e. The van der Waals surface area contributed by atoms with Gasteiger partial charge < -0.3 is 14.2 Å². The third kappa shape index (κ3) is 17.9. The van der Waals surface area contributed by atoms with Crippen molar-refractivity contribution >= 4 is 5.69 Å². The first kappa shape index (κ1) is 38.0. The van der Waals surface area contributed by atoms with Crippen molar-refractivity contribution in [1.82, 2.24) is 0 Å². The Morgan fingerprint density at radius 3 is 1.19 bits per heavy atom. The lowest BCUT2D eigenvalue weighted by Crippen LogP contribution is -2.11. The smallest absolute Gasteiger partial charge is 0.277 e. The van der Waals surface area contributed by atoms with E-state index in [-0.39, 0.29) is 10.6 Å². The summed E-state index contributed by atoms with van der Waals surface area (Å²) in [7, 11) is 0. The van der Waals surface area contributed by atoms with Crippen LogP contribution in [-0.2, 0) is 0 Å². The van der Waals surface area contributed by atoms with E-state index in [4.69, 9.17) is 14.2 Å². The summed E-state index contributed by atoms with van der Waals surface area (Å²) >= 11 is 0. The Hall–Kier alpha value is -1.98. The number of nitrogens with zero attached hydrogens (tertiary/aromatic N) is 1. The molecule has 1 aromatic carbocycles. The molecular formula is C36H65NO5. The summed E-state index contributed by atoms with van der Waals surface area (Å²) in [5.41, 5.74) is -0.0237. The standard InChI is InChI=1S/C36H65NO5/c1-27(2)13-10-16-30(7)19-22-40-34-25-33(37(38)39)26-35(41-23-20-31(8)17-11-14-28(3)4)36(34)42-24-21-32(9)18-12-15-29(5)6/h25-32H,10-24H2,1-9H3. The molecule has 3 atom stereocenters.